The SMILES string of the molecule is CC(C)(C(=O)NC1CCCC1C(N)=S)c1ccccc1. The highest BCUT2D eigenvalue weighted by Crippen LogP contribution is 2.28. The van der Waals surface area contributed by atoms with Crippen molar-refractivity contribution in [1.29, 1.82) is 0 Å². The van der Waals surface area contributed by atoms with Gasteiger partial charge in [0, 0.05) is 12.0 Å². The molecular weight excluding hydrogens is 268 g/mol. The van der Waals surface area contributed by atoms with Gasteiger partial charge in [-0.05, 0) is 32.3 Å². The number of hydrogen-bond acceptors (Lipinski definition) is 2. The van der Waals surface area contributed by atoms with E-state index in [2.05, 4.69) is 5.32 Å². The molecule has 20 heavy (non-hydrogen) atoms. The van der Waals surface area contributed by atoms with Gasteiger partial charge in [0.05, 0.1) is 10.4 Å². The standard InChI is InChI=1S/C16H22N2OS/c1-16(2,11-7-4-3-5-8-11)15(19)18-13-10-6-9-12(13)14(17)20/h3-5,7-8,12-13H,6,9-10H2,1-2H3,(H2,17,20)(H,18,19). The van der Waals surface area contributed by atoms with E-state index in [4.69, 9.17) is 18.0 Å². The zero-order chi connectivity index (χ0) is 14.8. The molecule has 2 atom stereocenters. The van der Waals surface area contributed by atoms with Crippen LogP contribution in [0.15, 0.2) is 30.3 Å². The average Bonchev–Trinajstić information content (AvgIpc) is 2.88. The first-order chi connectivity index (χ1) is 9.43. The first-order valence-corrected chi connectivity index (χ1v) is 7.49. The number of nitrogens with two attached hydrogens (primary N) is 1. The van der Waals surface area contributed by atoms with Gasteiger partial charge in [-0.1, -0.05) is 49.0 Å². The van der Waals surface area contributed by atoms with Crippen LogP contribution in [-0.2, 0) is 10.2 Å². The van der Waals surface area contributed by atoms with Crippen molar-refractivity contribution < 1.29 is 4.79 Å². The van der Waals surface area contributed by atoms with Crippen molar-refractivity contribution >= 4 is 23.1 Å². The summed E-state index contributed by atoms with van der Waals surface area (Å²) < 4.78 is 0. The third-order valence-corrected chi connectivity index (χ3v) is 4.56. The normalized spacial score (nSPS) is 22.5. The van der Waals surface area contributed by atoms with Crippen molar-refractivity contribution in [2.24, 2.45) is 11.7 Å². The number of amides is 1. The summed E-state index contributed by atoms with van der Waals surface area (Å²) in [5.41, 5.74) is 6.23. The highest BCUT2D eigenvalue weighted by atomic mass is 32.1. The van der Waals surface area contributed by atoms with E-state index in [1.165, 1.54) is 0 Å². The van der Waals surface area contributed by atoms with E-state index in [0.717, 1.165) is 24.8 Å². The largest absolute Gasteiger partial charge is 0.393 e. The summed E-state index contributed by atoms with van der Waals surface area (Å²) in [7, 11) is 0. The van der Waals surface area contributed by atoms with Crippen molar-refractivity contribution in [2.45, 2.75) is 44.6 Å². The number of nitrogens with one attached hydrogen (secondary N) is 1. The molecule has 1 fully saturated rings. The molecule has 1 aromatic rings. The Bertz CT molecular complexity index is 498. The Balaban J connectivity index is 2.10. The molecule has 1 amide bonds. The topological polar surface area (TPSA) is 55.1 Å². The summed E-state index contributed by atoms with van der Waals surface area (Å²) in [6.07, 6.45) is 3.00. The molecule has 0 bridgehead atoms. The van der Waals surface area contributed by atoms with Crippen molar-refractivity contribution in [2.75, 3.05) is 0 Å². The Kier molecular flexibility index (Phi) is 4.43. The lowest BCUT2D eigenvalue weighted by Gasteiger charge is -2.28. The molecule has 1 saturated carbocycles. The molecular formula is C16H22N2OS. The first kappa shape index (κ1) is 15.0. The quantitative estimate of drug-likeness (QED) is 0.838. The fraction of sp³-hybridized carbons (Fsp3) is 0.500. The molecule has 2 rings (SSSR count). The lowest BCUT2D eigenvalue weighted by molar-refractivity contribution is -0.126. The minimum atomic E-state index is -0.551. The van der Waals surface area contributed by atoms with Gasteiger partial charge >= 0.3 is 0 Å². The van der Waals surface area contributed by atoms with Crippen molar-refractivity contribution in [3.8, 4) is 0 Å². The summed E-state index contributed by atoms with van der Waals surface area (Å²) in [5, 5.41) is 3.14. The van der Waals surface area contributed by atoms with Gasteiger partial charge in [-0.2, -0.15) is 0 Å². The molecule has 0 heterocycles. The number of benzene rings is 1. The Morgan fingerprint density at radius 2 is 1.95 bits per heavy atom. The van der Waals surface area contributed by atoms with Crippen LogP contribution in [0.2, 0.25) is 0 Å². The van der Waals surface area contributed by atoms with E-state index in [9.17, 15) is 4.79 Å². The molecule has 0 radical (unpaired) electrons. The Morgan fingerprint density at radius 1 is 1.30 bits per heavy atom. The van der Waals surface area contributed by atoms with Gasteiger partial charge in [0.2, 0.25) is 5.91 Å². The monoisotopic (exact) mass is 290 g/mol. The summed E-state index contributed by atoms with van der Waals surface area (Å²) in [6, 6.07) is 9.92. The van der Waals surface area contributed by atoms with Crippen LogP contribution < -0.4 is 11.1 Å². The van der Waals surface area contributed by atoms with E-state index in [1.54, 1.807) is 0 Å². The highest BCUT2D eigenvalue weighted by molar-refractivity contribution is 7.80. The summed E-state index contributed by atoms with van der Waals surface area (Å²) in [5.74, 6) is 0.178. The second-order valence-corrected chi connectivity index (χ2v) is 6.48. The van der Waals surface area contributed by atoms with Crippen LogP contribution in [0, 0.1) is 5.92 Å². The number of carbonyl (C=O) groups excluding carboxylic acids is 1. The number of rotatable bonds is 4. The summed E-state index contributed by atoms with van der Waals surface area (Å²) in [6.45, 7) is 3.89. The maximum atomic E-state index is 12.6. The van der Waals surface area contributed by atoms with Crippen LogP contribution in [0.25, 0.3) is 0 Å². The summed E-state index contributed by atoms with van der Waals surface area (Å²) in [4.78, 5) is 13.1. The minimum absolute atomic E-state index is 0.0387. The molecule has 1 aliphatic carbocycles. The molecule has 1 aromatic carbocycles. The van der Waals surface area contributed by atoms with Crippen LogP contribution in [0.1, 0.15) is 38.7 Å². The first-order valence-electron chi connectivity index (χ1n) is 7.08. The lowest BCUT2D eigenvalue weighted by Crippen LogP contribution is -2.48. The number of thiocarbonyl (C=S) groups is 1. The van der Waals surface area contributed by atoms with Gasteiger partial charge in [0.25, 0.3) is 0 Å². The number of hydrogen-bond donors (Lipinski definition) is 2. The van der Waals surface area contributed by atoms with E-state index >= 15 is 0 Å². The molecule has 3 nitrogen and oxygen atoms in total. The Hall–Kier alpha value is -1.42. The van der Waals surface area contributed by atoms with Crippen LogP contribution in [0.3, 0.4) is 0 Å². The maximum absolute atomic E-state index is 12.6. The zero-order valence-corrected chi connectivity index (χ0v) is 12.9. The van der Waals surface area contributed by atoms with Crippen molar-refractivity contribution in [3.05, 3.63) is 35.9 Å². The number of carbonyl (C=O) groups is 1. The van der Waals surface area contributed by atoms with Gasteiger partial charge in [-0.3, -0.25) is 4.79 Å². The zero-order valence-electron chi connectivity index (χ0n) is 12.1. The van der Waals surface area contributed by atoms with Crippen LogP contribution >= 0.6 is 12.2 Å². The molecule has 0 aromatic heterocycles. The smallest absolute Gasteiger partial charge is 0.230 e. The maximum Gasteiger partial charge on any atom is 0.230 e. The molecule has 108 valence electrons. The highest BCUT2D eigenvalue weighted by Gasteiger charge is 2.35. The fourth-order valence-electron chi connectivity index (χ4n) is 2.81. The Labute approximate surface area is 125 Å². The van der Waals surface area contributed by atoms with Crippen LogP contribution in [-0.4, -0.2) is 16.9 Å². The predicted octanol–water partition coefficient (Wildman–Crippen LogP) is 2.54. The van der Waals surface area contributed by atoms with E-state index in [-0.39, 0.29) is 17.9 Å². The van der Waals surface area contributed by atoms with Gasteiger partial charge in [0.1, 0.15) is 0 Å². The minimum Gasteiger partial charge on any atom is -0.393 e. The molecule has 4 heteroatoms. The third kappa shape index (κ3) is 3.01. The second kappa shape index (κ2) is 5.92. The lowest BCUT2D eigenvalue weighted by atomic mass is 9.83. The predicted molar refractivity (Wildman–Crippen MR) is 85.5 cm³/mol. The van der Waals surface area contributed by atoms with Crippen LogP contribution in [0.5, 0.6) is 0 Å². The van der Waals surface area contributed by atoms with Crippen molar-refractivity contribution in [1.82, 2.24) is 5.32 Å². The fourth-order valence-corrected chi connectivity index (χ4v) is 3.09. The van der Waals surface area contributed by atoms with E-state index in [1.807, 2.05) is 44.2 Å². The van der Waals surface area contributed by atoms with E-state index in [0.29, 0.717) is 4.99 Å². The molecule has 3 N–H and O–H groups in total. The summed E-state index contributed by atoms with van der Waals surface area (Å²) >= 11 is 5.10. The molecule has 0 spiro atoms. The van der Waals surface area contributed by atoms with Crippen molar-refractivity contribution in [3.63, 3.8) is 0 Å². The van der Waals surface area contributed by atoms with Crippen LogP contribution in [0.4, 0.5) is 0 Å². The molecule has 0 aliphatic heterocycles. The average molecular weight is 290 g/mol. The van der Waals surface area contributed by atoms with Gasteiger partial charge in [0.15, 0.2) is 0 Å². The van der Waals surface area contributed by atoms with Gasteiger partial charge in [-0.15, -0.1) is 0 Å². The molecule has 0 saturated heterocycles. The second-order valence-electron chi connectivity index (χ2n) is 6.01. The molecule has 1 aliphatic rings. The van der Waals surface area contributed by atoms with E-state index < -0.39 is 5.41 Å². The van der Waals surface area contributed by atoms with Gasteiger partial charge in [-0.25, -0.2) is 0 Å². The third-order valence-electron chi connectivity index (χ3n) is 4.26. The van der Waals surface area contributed by atoms with Gasteiger partial charge < -0.3 is 11.1 Å². The Morgan fingerprint density at radius 3 is 2.55 bits per heavy atom. The molecule has 2 unspecified atom stereocenters.